The van der Waals surface area contributed by atoms with Gasteiger partial charge in [0, 0.05) is 6.54 Å². The molecule has 0 atom stereocenters. The molecule has 0 aliphatic carbocycles. The van der Waals surface area contributed by atoms with Crippen LogP contribution in [0.15, 0.2) is 34.2 Å². The van der Waals surface area contributed by atoms with Crippen LogP contribution in [0.5, 0.6) is 5.75 Å². The van der Waals surface area contributed by atoms with Crippen LogP contribution >= 0.6 is 11.8 Å². The summed E-state index contributed by atoms with van der Waals surface area (Å²) in [5.74, 6) is -0.0245. The van der Waals surface area contributed by atoms with Crippen LogP contribution in [-0.4, -0.2) is 46.9 Å². The molecule has 3 rings (SSSR count). The van der Waals surface area contributed by atoms with Crippen molar-refractivity contribution in [2.24, 2.45) is 0 Å². The molecule has 0 spiro atoms. The predicted octanol–water partition coefficient (Wildman–Crippen LogP) is 1.20. The van der Waals surface area contributed by atoms with Crippen LogP contribution in [0.25, 0.3) is 5.69 Å². The summed E-state index contributed by atoms with van der Waals surface area (Å²) in [4.78, 5) is 41.1. The van der Waals surface area contributed by atoms with E-state index in [1.54, 1.807) is 24.3 Å². The molecule has 1 aliphatic heterocycles. The minimum Gasteiger partial charge on any atom is -0.491 e. The first-order chi connectivity index (χ1) is 14.5. The Balaban J connectivity index is 1.90. The van der Waals surface area contributed by atoms with E-state index in [2.05, 4.69) is 15.6 Å². The van der Waals surface area contributed by atoms with Gasteiger partial charge >= 0.3 is 0 Å². The van der Waals surface area contributed by atoms with Gasteiger partial charge in [-0.15, -0.1) is 0 Å². The zero-order chi connectivity index (χ0) is 21.5. The number of fused-ring (bicyclic) bond motifs is 1. The number of nitriles is 1. The SMILES string of the molecule is N#CCCNC(=O)CSc1nc2c(c(=O)n1-c1ccc(OCCF)cc1)CC(=O)N2. The van der Waals surface area contributed by atoms with E-state index in [4.69, 9.17) is 10.00 Å². The van der Waals surface area contributed by atoms with Crippen LogP contribution < -0.4 is 20.9 Å². The highest BCUT2D eigenvalue weighted by molar-refractivity contribution is 7.99. The number of ether oxygens (including phenoxy) is 1. The number of hydrogen-bond acceptors (Lipinski definition) is 7. The van der Waals surface area contributed by atoms with Crippen molar-refractivity contribution in [1.29, 1.82) is 5.26 Å². The third-order valence-corrected chi connectivity index (χ3v) is 5.01. The van der Waals surface area contributed by atoms with E-state index in [1.165, 1.54) is 4.57 Å². The fourth-order valence-corrected chi connectivity index (χ4v) is 3.58. The average molecular weight is 431 g/mol. The van der Waals surface area contributed by atoms with Crippen molar-refractivity contribution >= 4 is 29.4 Å². The summed E-state index contributed by atoms with van der Waals surface area (Å²) in [6.45, 7) is -0.458. The van der Waals surface area contributed by atoms with Gasteiger partial charge in [0.05, 0.1) is 35.9 Å². The molecule has 9 nitrogen and oxygen atoms in total. The van der Waals surface area contributed by atoms with Crippen LogP contribution in [0, 0.1) is 11.3 Å². The number of halogens is 1. The maximum atomic E-state index is 13.0. The van der Waals surface area contributed by atoms with Crippen molar-refractivity contribution in [2.45, 2.75) is 18.0 Å². The third-order valence-electron chi connectivity index (χ3n) is 4.07. The van der Waals surface area contributed by atoms with Gasteiger partial charge in [-0.05, 0) is 24.3 Å². The number of aromatic nitrogens is 2. The first-order valence-electron chi connectivity index (χ1n) is 9.05. The molecule has 0 saturated carbocycles. The van der Waals surface area contributed by atoms with Crippen molar-refractivity contribution < 1.29 is 18.7 Å². The molecule has 1 aliphatic rings. The normalized spacial score (nSPS) is 12.1. The number of nitrogens with zero attached hydrogens (tertiary/aromatic N) is 3. The van der Waals surface area contributed by atoms with E-state index < -0.39 is 12.2 Å². The highest BCUT2D eigenvalue weighted by Crippen LogP contribution is 2.25. The number of nitrogens with one attached hydrogen (secondary N) is 2. The third kappa shape index (κ3) is 4.96. The van der Waals surface area contributed by atoms with E-state index in [-0.39, 0.29) is 60.1 Å². The van der Waals surface area contributed by atoms with Crippen LogP contribution in [0.3, 0.4) is 0 Å². The molecule has 0 fully saturated rings. The van der Waals surface area contributed by atoms with Gasteiger partial charge < -0.3 is 15.4 Å². The van der Waals surface area contributed by atoms with Gasteiger partial charge in [0.1, 0.15) is 24.8 Å². The summed E-state index contributed by atoms with van der Waals surface area (Å²) < 4.78 is 18.8. The number of hydrogen-bond donors (Lipinski definition) is 2. The van der Waals surface area contributed by atoms with E-state index in [0.29, 0.717) is 11.4 Å². The lowest BCUT2D eigenvalue weighted by Gasteiger charge is -2.14. The standard InChI is InChI=1S/C19H18FN5O4S/c20-6-9-29-13-4-2-12(3-5-13)25-18(28)14-10-15(26)23-17(14)24-19(25)30-11-16(27)22-8-1-7-21/h2-5H,1,6,8-11H2,(H,22,27)(H,23,26). The lowest BCUT2D eigenvalue weighted by molar-refractivity contribution is -0.118. The smallest absolute Gasteiger partial charge is 0.264 e. The van der Waals surface area contributed by atoms with Crippen molar-refractivity contribution in [3.8, 4) is 17.5 Å². The molecule has 11 heteroatoms. The van der Waals surface area contributed by atoms with Crippen molar-refractivity contribution in [1.82, 2.24) is 14.9 Å². The number of anilines is 1. The molecule has 1 aromatic heterocycles. The second kappa shape index (κ2) is 9.89. The highest BCUT2D eigenvalue weighted by atomic mass is 32.2. The number of amides is 2. The Kier molecular flexibility index (Phi) is 7.03. The van der Waals surface area contributed by atoms with E-state index in [9.17, 15) is 18.8 Å². The van der Waals surface area contributed by atoms with Crippen LogP contribution in [0.4, 0.5) is 10.2 Å². The van der Waals surface area contributed by atoms with E-state index in [1.807, 2.05) is 6.07 Å². The summed E-state index contributed by atoms with van der Waals surface area (Å²) in [5.41, 5.74) is 0.304. The maximum Gasteiger partial charge on any atom is 0.264 e. The van der Waals surface area contributed by atoms with Crippen LogP contribution in [0.1, 0.15) is 12.0 Å². The minimum absolute atomic E-state index is 0.0255. The largest absolute Gasteiger partial charge is 0.491 e. The van der Waals surface area contributed by atoms with Gasteiger partial charge in [-0.1, -0.05) is 11.8 Å². The van der Waals surface area contributed by atoms with E-state index in [0.717, 1.165) is 11.8 Å². The molecular weight excluding hydrogens is 413 g/mol. The molecule has 30 heavy (non-hydrogen) atoms. The van der Waals surface area contributed by atoms with Crippen molar-refractivity contribution in [3.63, 3.8) is 0 Å². The molecule has 0 bridgehead atoms. The van der Waals surface area contributed by atoms with Crippen LogP contribution in [-0.2, 0) is 16.0 Å². The average Bonchev–Trinajstić information content (AvgIpc) is 3.12. The fourth-order valence-electron chi connectivity index (χ4n) is 2.75. The first-order valence-corrected chi connectivity index (χ1v) is 10.0. The molecule has 0 saturated heterocycles. The summed E-state index contributed by atoms with van der Waals surface area (Å²) >= 11 is 1.03. The van der Waals surface area contributed by atoms with Crippen molar-refractivity contribution in [2.75, 3.05) is 30.9 Å². The predicted molar refractivity (Wildman–Crippen MR) is 108 cm³/mol. The van der Waals surface area contributed by atoms with Crippen molar-refractivity contribution in [3.05, 3.63) is 40.2 Å². The quantitative estimate of drug-likeness (QED) is 0.347. The Morgan fingerprint density at radius 1 is 1.37 bits per heavy atom. The molecule has 0 unspecified atom stereocenters. The molecule has 0 radical (unpaired) electrons. The number of benzene rings is 1. The minimum atomic E-state index is -0.617. The Labute approximate surface area is 175 Å². The highest BCUT2D eigenvalue weighted by Gasteiger charge is 2.26. The van der Waals surface area contributed by atoms with Gasteiger partial charge in [-0.25, -0.2) is 9.37 Å². The Hall–Kier alpha value is -3.39. The second-order valence-electron chi connectivity index (χ2n) is 6.17. The number of rotatable bonds is 9. The molecular formula is C19H18FN5O4S. The number of carbonyl (C=O) groups excluding carboxylic acids is 2. The topological polar surface area (TPSA) is 126 Å². The molecule has 1 aromatic carbocycles. The van der Waals surface area contributed by atoms with E-state index >= 15 is 0 Å². The Morgan fingerprint density at radius 2 is 2.13 bits per heavy atom. The number of alkyl halides is 1. The van der Waals surface area contributed by atoms with Crippen LogP contribution in [0.2, 0.25) is 0 Å². The molecule has 156 valence electrons. The number of carbonyl (C=O) groups is 2. The summed E-state index contributed by atoms with van der Waals surface area (Å²) in [5, 5.41) is 13.9. The zero-order valence-electron chi connectivity index (χ0n) is 15.8. The summed E-state index contributed by atoms with van der Waals surface area (Å²) in [6.07, 6.45) is 0.125. The Bertz CT molecular complexity index is 1050. The zero-order valence-corrected chi connectivity index (χ0v) is 16.6. The number of thioether (sulfide) groups is 1. The molecule has 2 N–H and O–H groups in total. The van der Waals surface area contributed by atoms with Gasteiger partial charge in [0.15, 0.2) is 5.16 Å². The fraction of sp³-hybridized carbons (Fsp3) is 0.316. The lowest BCUT2D eigenvalue weighted by Crippen LogP contribution is -2.28. The van der Waals surface area contributed by atoms with Gasteiger partial charge in [0.2, 0.25) is 11.8 Å². The molecule has 2 amide bonds. The summed E-state index contributed by atoms with van der Waals surface area (Å²) in [7, 11) is 0. The monoisotopic (exact) mass is 431 g/mol. The lowest BCUT2D eigenvalue weighted by atomic mass is 10.2. The van der Waals surface area contributed by atoms with Gasteiger partial charge in [-0.2, -0.15) is 5.26 Å². The Morgan fingerprint density at radius 3 is 2.83 bits per heavy atom. The summed E-state index contributed by atoms with van der Waals surface area (Å²) in [6, 6.07) is 8.35. The van der Waals surface area contributed by atoms with Gasteiger partial charge in [-0.3, -0.25) is 19.0 Å². The molecule has 2 heterocycles. The first kappa shape index (κ1) is 21.3. The van der Waals surface area contributed by atoms with Gasteiger partial charge in [0.25, 0.3) is 5.56 Å². The second-order valence-corrected chi connectivity index (χ2v) is 7.11. The molecule has 2 aromatic rings. The maximum absolute atomic E-state index is 13.0.